The van der Waals surface area contributed by atoms with Gasteiger partial charge in [0, 0.05) is 59.6 Å². The zero-order valence-corrected chi connectivity index (χ0v) is 17.8. The summed E-state index contributed by atoms with van der Waals surface area (Å²) in [6, 6.07) is 14.2. The molecule has 0 saturated heterocycles. The van der Waals surface area contributed by atoms with E-state index in [2.05, 4.69) is 30.2 Å². The molecular formula is C24H20F3N5O2. The van der Waals surface area contributed by atoms with Gasteiger partial charge < -0.3 is 25.3 Å². The topological polar surface area (TPSA) is 82.3 Å². The van der Waals surface area contributed by atoms with Crippen molar-refractivity contribution < 1.29 is 22.7 Å². The molecule has 0 bridgehead atoms. The molecule has 34 heavy (non-hydrogen) atoms. The van der Waals surface area contributed by atoms with E-state index in [1.807, 2.05) is 30.5 Å². The zero-order valence-electron chi connectivity index (χ0n) is 17.8. The van der Waals surface area contributed by atoms with Gasteiger partial charge in [-0.1, -0.05) is 12.1 Å². The summed E-state index contributed by atoms with van der Waals surface area (Å²) >= 11 is 0. The third kappa shape index (κ3) is 4.61. The van der Waals surface area contributed by atoms with E-state index < -0.39 is 18.1 Å². The number of anilines is 3. The van der Waals surface area contributed by atoms with E-state index in [1.165, 1.54) is 18.2 Å². The second-order valence-electron chi connectivity index (χ2n) is 7.84. The van der Waals surface area contributed by atoms with Gasteiger partial charge in [-0.25, -0.2) is 9.78 Å². The molecule has 174 valence electrons. The molecule has 5 rings (SSSR count). The van der Waals surface area contributed by atoms with Gasteiger partial charge in [0.15, 0.2) is 0 Å². The lowest BCUT2D eigenvalue weighted by Crippen LogP contribution is -2.21. The number of H-pyrrole nitrogens is 1. The Labute approximate surface area is 192 Å². The number of fused-ring (bicyclic) bond motifs is 2. The summed E-state index contributed by atoms with van der Waals surface area (Å²) in [5, 5.41) is 6.44. The second-order valence-corrected chi connectivity index (χ2v) is 7.84. The Bertz CT molecular complexity index is 1350. The molecule has 0 unspecified atom stereocenters. The highest BCUT2D eigenvalue weighted by Gasteiger charge is 2.31. The predicted octanol–water partition coefficient (Wildman–Crippen LogP) is 5.67. The molecule has 0 saturated carbocycles. The smallest absolute Gasteiger partial charge is 0.406 e. The first-order valence-electron chi connectivity index (χ1n) is 10.6. The van der Waals surface area contributed by atoms with Gasteiger partial charge in [-0.3, -0.25) is 0 Å². The van der Waals surface area contributed by atoms with Gasteiger partial charge in [-0.2, -0.15) is 0 Å². The molecular weight excluding hydrogens is 447 g/mol. The van der Waals surface area contributed by atoms with E-state index in [9.17, 15) is 18.0 Å². The van der Waals surface area contributed by atoms with Crippen molar-refractivity contribution in [1.29, 1.82) is 0 Å². The van der Waals surface area contributed by atoms with E-state index in [0.29, 0.717) is 12.2 Å². The molecule has 1 aliphatic heterocycles. The van der Waals surface area contributed by atoms with Gasteiger partial charge in [0.25, 0.3) is 0 Å². The number of ether oxygens (including phenoxy) is 1. The van der Waals surface area contributed by atoms with E-state index >= 15 is 0 Å². The molecule has 3 heterocycles. The molecule has 2 aromatic heterocycles. The molecule has 2 aromatic carbocycles. The van der Waals surface area contributed by atoms with Crippen molar-refractivity contribution in [3.8, 4) is 5.75 Å². The molecule has 1 aliphatic rings. The van der Waals surface area contributed by atoms with Gasteiger partial charge in [0.1, 0.15) is 11.4 Å². The maximum Gasteiger partial charge on any atom is 0.573 e. The number of nitrogens with zero attached hydrogens (tertiary/aromatic N) is 2. The van der Waals surface area contributed by atoms with Crippen LogP contribution >= 0.6 is 0 Å². The number of halogens is 3. The van der Waals surface area contributed by atoms with Crippen LogP contribution in [0.3, 0.4) is 0 Å². The number of pyridine rings is 1. The number of aromatic amines is 1. The normalized spacial score (nSPS) is 13.1. The number of hydrogen-bond acceptors (Lipinski definition) is 4. The molecule has 0 spiro atoms. The van der Waals surface area contributed by atoms with Crippen LogP contribution < -0.4 is 20.3 Å². The number of alkyl halides is 3. The van der Waals surface area contributed by atoms with Crippen molar-refractivity contribution >= 4 is 34.1 Å². The van der Waals surface area contributed by atoms with Gasteiger partial charge in [0.2, 0.25) is 0 Å². The Morgan fingerprint density at radius 1 is 1.12 bits per heavy atom. The highest BCUT2D eigenvalue weighted by molar-refractivity contribution is 6.01. The first kappa shape index (κ1) is 21.6. The number of benzene rings is 2. The molecule has 10 heteroatoms. The summed E-state index contributed by atoms with van der Waals surface area (Å²) < 4.78 is 41.2. The highest BCUT2D eigenvalue weighted by Crippen LogP contribution is 2.35. The summed E-state index contributed by atoms with van der Waals surface area (Å²) in [6.45, 7) is 1.49. The van der Waals surface area contributed by atoms with Crippen molar-refractivity contribution in [1.82, 2.24) is 9.97 Å². The van der Waals surface area contributed by atoms with Gasteiger partial charge in [0.05, 0.1) is 0 Å². The number of nitrogens with one attached hydrogen (secondary N) is 3. The molecule has 0 radical (unpaired) electrons. The average Bonchev–Trinajstić information content (AvgIpc) is 3.38. The third-order valence-electron chi connectivity index (χ3n) is 5.60. The summed E-state index contributed by atoms with van der Waals surface area (Å²) in [6.07, 6.45) is -0.347. The van der Waals surface area contributed by atoms with Crippen molar-refractivity contribution in [2.45, 2.75) is 19.3 Å². The molecule has 0 atom stereocenters. The number of aromatic nitrogens is 2. The van der Waals surface area contributed by atoms with E-state index in [4.69, 9.17) is 0 Å². The van der Waals surface area contributed by atoms with Crippen LogP contribution in [0, 0.1) is 0 Å². The first-order chi connectivity index (χ1) is 16.4. The van der Waals surface area contributed by atoms with E-state index in [1.54, 1.807) is 12.3 Å². The number of urea groups is 1. The van der Waals surface area contributed by atoms with Crippen molar-refractivity contribution in [2.24, 2.45) is 0 Å². The SMILES string of the molecule is O=C(Nc1cccc(OC(F)(F)F)c1)Nc1cccc2c1CCN2Cc1c[nH]c2ncccc12. The van der Waals surface area contributed by atoms with E-state index in [-0.39, 0.29) is 5.69 Å². The van der Waals surface area contributed by atoms with Crippen LogP contribution in [0.5, 0.6) is 5.75 Å². The summed E-state index contributed by atoms with van der Waals surface area (Å²) in [5.74, 6) is -0.408. The van der Waals surface area contributed by atoms with Gasteiger partial charge >= 0.3 is 12.4 Å². The second kappa shape index (κ2) is 8.62. The van der Waals surface area contributed by atoms with Gasteiger partial charge in [-0.05, 0) is 48.4 Å². The number of hydrogen-bond donors (Lipinski definition) is 3. The lowest BCUT2D eigenvalue weighted by atomic mass is 10.1. The number of amides is 2. The highest BCUT2D eigenvalue weighted by atomic mass is 19.4. The molecule has 0 fully saturated rings. The average molecular weight is 467 g/mol. The fourth-order valence-electron chi connectivity index (χ4n) is 4.19. The number of rotatable bonds is 5. The molecule has 2 amide bonds. The van der Waals surface area contributed by atoms with Crippen LogP contribution in [0.1, 0.15) is 11.1 Å². The lowest BCUT2D eigenvalue weighted by molar-refractivity contribution is -0.274. The standard InChI is InChI=1S/C24H20F3N5O2/c25-24(26,27)34-17-5-1-4-16(12-17)30-23(33)31-20-7-2-8-21-19(20)9-11-32(21)14-15-13-29-22-18(15)6-3-10-28-22/h1-8,10,12-13H,9,11,14H2,(H,28,29)(H2,30,31,33). The maximum atomic E-state index is 12.6. The van der Waals surface area contributed by atoms with Crippen LogP contribution in [0.4, 0.5) is 35.0 Å². The monoisotopic (exact) mass is 467 g/mol. The van der Waals surface area contributed by atoms with Gasteiger partial charge in [-0.15, -0.1) is 13.2 Å². The third-order valence-corrected chi connectivity index (χ3v) is 5.60. The maximum absolute atomic E-state index is 12.6. The Morgan fingerprint density at radius 3 is 2.82 bits per heavy atom. The van der Waals surface area contributed by atoms with E-state index in [0.717, 1.165) is 46.9 Å². The Hall–Kier alpha value is -4.21. The Balaban J connectivity index is 1.29. The molecule has 3 N–H and O–H groups in total. The lowest BCUT2D eigenvalue weighted by Gasteiger charge is -2.19. The van der Waals surface area contributed by atoms with Crippen molar-refractivity contribution in [2.75, 3.05) is 22.1 Å². The minimum Gasteiger partial charge on any atom is -0.406 e. The number of carbonyl (C=O) groups is 1. The summed E-state index contributed by atoms with van der Waals surface area (Å²) in [4.78, 5) is 22.3. The fourth-order valence-corrected chi connectivity index (χ4v) is 4.19. The zero-order chi connectivity index (χ0) is 23.7. The van der Waals surface area contributed by atoms with Crippen LogP contribution in [-0.2, 0) is 13.0 Å². The minimum atomic E-state index is -4.81. The van der Waals surface area contributed by atoms with Crippen LogP contribution in [-0.4, -0.2) is 28.9 Å². The number of carbonyl (C=O) groups excluding carboxylic acids is 1. The summed E-state index contributed by atoms with van der Waals surface area (Å²) in [5.41, 5.74) is 4.84. The van der Waals surface area contributed by atoms with Crippen LogP contribution in [0.25, 0.3) is 11.0 Å². The molecule has 0 aliphatic carbocycles. The Morgan fingerprint density at radius 2 is 1.97 bits per heavy atom. The van der Waals surface area contributed by atoms with Crippen LogP contribution in [0.15, 0.2) is 67.0 Å². The summed E-state index contributed by atoms with van der Waals surface area (Å²) in [7, 11) is 0. The van der Waals surface area contributed by atoms with Crippen molar-refractivity contribution in [3.63, 3.8) is 0 Å². The molecule has 4 aromatic rings. The largest absolute Gasteiger partial charge is 0.573 e. The fraction of sp³-hybridized carbons (Fsp3) is 0.167. The quantitative estimate of drug-likeness (QED) is 0.353. The molecule has 7 nitrogen and oxygen atoms in total. The first-order valence-corrected chi connectivity index (χ1v) is 10.6. The predicted molar refractivity (Wildman–Crippen MR) is 123 cm³/mol. The van der Waals surface area contributed by atoms with Crippen LogP contribution in [0.2, 0.25) is 0 Å². The van der Waals surface area contributed by atoms with Crippen molar-refractivity contribution in [3.05, 3.63) is 78.1 Å². The Kier molecular flexibility index (Phi) is 5.48. The minimum absolute atomic E-state index is 0.182.